The van der Waals surface area contributed by atoms with Gasteiger partial charge in [-0.2, -0.15) is 0 Å². The number of rotatable bonds is 7. The van der Waals surface area contributed by atoms with E-state index in [-0.39, 0.29) is 10.8 Å². The molecular formula is C59H53BN. The number of hydrogen-bond acceptors (Lipinski definition) is 1. The van der Waals surface area contributed by atoms with Crippen LogP contribution >= 0.6 is 0 Å². The van der Waals surface area contributed by atoms with Gasteiger partial charge in [0.15, 0.2) is 7.28 Å². The zero-order valence-electron chi connectivity index (χ0n) is 36.4. The molecule has 297 valence electrons. The molecule has 1 radical (unpaired) electrons. The van der Waals surface area contributed by atoms with Crippen LogP contribution in [0.4, 0.5) is 17.1 Å². The maximum Gasteiger partial charge on any atom is 0.197 e. The van der Waals surface area contributed by atoms with Crippen molar-refractivity contribution >= 4 is 35.3 Å². The molecule has 1 nitrogen and oxygen atoms in total. The Labute approximate surface area is 364 Å². The molecule has 0 unspecified atom stereocenters. The van der Waals surface area contributed by atoms with E-state index >= 15 is 0 Å². The largest absolute Gasteiger partial charge is 0.311 e. The Hall–Kier alpha value is -6.38. The molecule has 61 heavy (non-hydrogen) atoms. The van der Waals surface area contributed by atoms with E-state index in [4.69, 9.17) is 0 Å². The lowest BCUT2D eigenvalue weighted by Gasteiger charge is -2.44. The predicted molar refractivity (Wildman–Crippen MR) is 262 cm³/mol. The Balaban J connectivity index is 1.19. The van der Waals surface area contributed by atoms with Crippen LogP contribution < -0.4 is 15.8 Å². The Morgan fingerprint density at radius 3 is 1.66 bits per heavy atom. The lowest BCUT2D eigenvalue weighted by molar-refractivity contribution is 0.332. The topological polar surface area (TPSA) is 3.24 Å². The van der Waals surface area contributed by atoms with Gasteiger partial charge in [0.2, 0.25) is 0 Å². The van der Waals surface area contributed by atoms with E-state index < -0.39 is 0 Å². The fraction of sp³-hybridized carbons (Fsp3) is 0.186. The number of nitrogens with zero attached hydrogens (tertiary/aromatic N) is 1. The smallest absolute Gasteiger partial charge is 0.197 e. The molecule has 0 aromatic heterocycles. The fourth-order valence-corrected chi connectivity index (χ4v) is 10.0. The standard InChI is InChI=1S/C59H53BN/c1-39-31-50(49-27-25-46(43-20-12-8-13-21-43)36-48(49)35-41-17-16-24-45(34-41)42-18-10-7-11-19-42)57-56(32-39)61(54-28-26-47(37-53(54)60-57)44-22-14-9-15-23-44)55-38-52-51(33-40(55)2)58(3,4)29-30-59(52,5)6/h7-28,31-34,36-38H,29-30,35H2,1-6H3. The van der Waals surface area contributed by atoms with E-state index in [1.54, 1.807) is 0 Å². The molecule has 2 heteroatoms. The van der Waals surface area contributed by atoms with E-state index in [0.29, 0.717) is 0 Å². The zero-order chi connectivity index (χ0) is 41.9. The molecule has 8 aromatic carbocycles. The first kappa shape index (κ1) is 38.8. The molecule has 1 aliphatic carbocycles. The van der Waals surface area contributed by atoms with Gasteiger partial charge in [0.25, 0.3) is 0 Å². The van der Waals surface area contributed by atoms with Gasteiger partial charge >= 0.3 is 0 Å². The molecule has 10 rings (SSSR count). The molecule has 0 fully saturated rings. The van der Waals surface area contributed by atoms with Gasteiger partial charge in [0, 0.05) is 17.1 Å². The summed E-state index contributed by atoms with van der Waals surface area (Å²) in [4.78, 5) is 2.59. The van der Waals surface area contributed by atoms with Gasteiger partial charge in [-0.3, -0.25) is 0 Å². The van der Waals surface area contributed by atoms with Crippen molar-refractivity contribution in [2.75, 3.05) is 4.90 Å². The highest BCUT2D eigenvalue weighted by Crippen LogP contribution is 2.50. The summed E-state index contributed by atoms with van der Waals surface area (Å²) in [5.41, 5.74) is 24.5. The van der Waals surface area contributed by atoms with E-state index in [1.165, 1.54) is 119 Å². The first-order chi connectivity index (χ1) is 29.5. The third-order valence-corrected chi connectivity index (χ3v) is 13.6. The number of hydrogen-bond donors (Lipinski definition) is 0. The third kappa shape index (κ3) is 7.23. The van der Waals surface area contributed by atoms with Gasteiger partial charge in [-0.05, 0) is 140 Å². The molecule has 8 aromatic rings. The molecule has 0 amide bonds. The van der Waals surface area contributed by atoms with Crippen LogP contribution in [-0.2, 0) is 17.3 Å². The van der Waals surface area contributed by atoms with Crippen molar-refractivity contribution in [2.45, 2.75) is 71.6 Å². The minimum absolute atomic E-state index is 0.0863. The number of fused-ring (bicyclic) bond motifs is 3. The van der Waals surface area contributed by atoms with Crippen LogP contribution in [0.25, 0.3) is 44.5 Å². The summed E-state index contributed by atoms with van der Waals surface area (Å²) in [6, 6.07) is 65.6. The molecule has 0 atom stereocenters. The summed E-state index contributed by atoms with van der Waals surface area (Å²) in [6.07, 6.45) is 3.19. The average Bonchev–Trinajstić information content (AvgIpc) is 3.28. The van der Waals surface area contributed by atoms with Gasteiger partial charge in [-0.25, -0.2) is 0 Å². The van der Waals surface area contributed by atoms with Crippen molar-refractivity contribution in [3.63, 3.8) is 0 Å². The summed E-state index contributed by atoms with van der Waals surface area (Å²) in [5, 5.41) is 0. The van der Waals surface area contributed by atoms with Crippen LogP contribution in [0.1, 0.15) is 73.9 Å². The SMILES string of the molecule is Cc1cc(-c2ccc(-c3ccccc3)cc2Cc2cccc(-c3ccccc3)c2)c2c(c1)N(c1cc3c(cc1C)C(C)(C)CCC3(C)C)c1ccc(-c3ccccc3)cc1[B]2. The van der Waals surface area contributed by atoms with Crippen molar-refractivity contribution in [1.29, 1.82) is 0 Å². The Morgan fingerprint density at radius 2 is 1.02 bits per heavy atom. The molecule has 1 aliphatic heterocycles. The van der Waals surface area contributed by atoms with Crippen molar-refractivity contribution in [1.82, 2.24) is 0 Å². The Bertz CT molecular complexity index is 2920. The monoisotopic (exact) mass is 786 g/mol. The second kappa shape index (κ2) is 15.3. The fourth-order valence-electron chi connectivity index (χ4n) is 10.0. The maximum absolute atomic E-state index is 2.59. The minimum Gasteiger partial charge on any atom is -0.311 e. The number of benzene rings is 8. The number of anilines is 3. The summed E-state index contributed by atoms with van der Waals surface area (Å²) >= 11 is 0. The highest BCUT2D eigenvalue weighted by molar-refractivity contribution is 6.73. The summed E-state index contributed by atoms with van der Waals surface area (Å²) in [5.74, 6) is 0. The van der Waals surface area contributed by atoms with Gasteiger partial charge in [-0.15, -0.1) is 0 Å². The van der Waals surface area contributed by atoms with Gasteiger partial charge < -0.3 is 4.90 Å². The van der Waals surface area contributed by atoms with E-state index in [9.17, 15) is 0 Å². The molecule has 2 aliphatic rings. The summed E-state index contributed by atoms with van der Waals surface area (Å²) in [6.45, 7) is 14.3. The van der Waals surface area contributed by atoms with Crippen molar-refractivity contribution in [2.24, 2.45) is 0 Å². The predicted octanol–water partition coefficient (Wildman–Crippen LogP) is 14.3. The highest BCUT2D eigenvalue weighted by Gasteiger charge is 2.39. The van der Waals surface area contributed by atoms with Gasteiger partial charge in [-0.1, -0.05) is 196 Å². The number of aryl methyl sites for hydroxylation is 2. The van der Waals surface area contributed by atoms with Crippen LogP contribution in [-0.4, -0.2) is 7.28 Å². The molecule has 0 saturated carbocycles. The molecule has 0 N–H and O–H groups in total. The van der Waals surface area contributed by atoms with E-state index in [0.717, 1.165) is 6.42 Å². The maximum atomic E-state index is 2.59. The van der Waals surface area contributed by atoms with Gasteiger partial charge in [0.05, 0.1) is 0 Å². The highest BCUT2D eigenvalue weighted by atomic mass is 15.2. The molecule has 0 bridgehead atoms. The summed E-state index contributed by atoms with van der Waals surface area (Å²) < 4.78 is 0. The Kier molecular flexibility index (Phi) is 9.71. The second-order valence-corrected chi connectivity index (χ2v) is 18.8. The Morgan fingerprint density at radius 1 is 0.459 bits per heavy atom. The van der Waals surface area contributed by atoms with Crippen molar-refractivity contribution < 1.29 is 0 Å². The van der Waals surface area contributed by atoms with E-state index in [1.807, 2.05) is 0 Å². The summed E-state index contributed by atoms with van der Waals surface area (Å²) in [7, 11) is 2.47. The lowest BCUT2D eigenvalue weighted by Crippen LogP contribution is -2.41. The third-order valence-electron chi connectivity index (χ3n) is 13.6. The van der Waals surface area contributed by atoms with Crippen molar-refractivity contribution in [3.05, 3.63) is 209 Å². The molecular weight excluding hydrogens is 733 g/mol. The van der Waals surface area contributed by atoms with Crippen LogP contribution in [0.2, 0.25) is 0 Å². The van der Waals surface area contributed by atoms with Crippen molar-refractivity contribution in [3.8, 4) is 44.5 Å². The van der Waals surface area contributed by atoms with Crippen LogP contribution in [0, 0.1) is 13.8 Å². The van der Waals surface area contributed by atoms with Crippen LogP contribution in [0.5, 0.6) is 0 Å². The van der Waals surface area contributed by atoms with Crippen LogP contribution in [0.15, 0.2) is 176 Å². The quantitative estimate of drug-likeness (QED) is 0.145. The molecule has 0 saturated heterocycles. The first-order valence-corrected chi connectivity index (χ1v) is 22.0. The van der Waals surface area contributed by atoms with Crippen LogP contribution in [0.3, 0.4) is 0 Å². The lowest BCUT2D eigenvalue weighted by atomic mass is 9.57. The minimum atomic E-state index is 0.0863. The normalized spacial score (nSPS) is 14.7. The molecule has 0 spiro atoms. The zero-order valence-corrected chi connectivity index (χ0v) is 36.4. The first-order valence-electron chi connectivity index (χ1n) is 22.0. The molecule has 1 heterocycles. The second-order valence-electron chi connectivity index (χ2n) is 18.8. The average molecular weight is 787 g/mol. The van der Waals surface area contributed by atoms with Gasteiger partial charge in [0.1, 0.15) is 0 Å². The van der Waals surface area contributed by atoms with E-state index in [2.05, 4.69) is 230 Å².